The Kier molecular flexibility index (Phi) is 7.03. The lowest BCUT2D eigenvalue weighted by molar-refractivity contribution is -0.192. The van der Waals surface area contributed by atoms with Crippen molar-refractivity contribution in [1.82, 2.24) is 10.2 Å². The van der Waals surface area contributed by atoms with E-state index in [9.17, 15) is 22.8 Å². The van der Waals surface area contributed by atoms with E-state index in [1.54, 1.807) is 27.8 Å². The molecule has 0 spiro atoms. The third-order valence-corrected chi connectivity index (χ3v) is 2.95. The van der Waals surface area contributed by atoms with E-state index in [1.165, 1.54) is 12.0 Å². The number of likely N-dealkylation sites (N-methyl/N-ethyl adjacent to an activating group) is 1. The first-order valence-electron chi connectivity index (χ1n) is 6.73. The first kappa shape index (κ1) is 22.0. The van der Waals surface area contributed by atoms with Gasteiger partial charge in [-0.15, -0.1) is 0 Å². The van der Waals surface area contributed by atoms with Gasteiger partial charge in [0, 0.05) is 20.1 Å². The number of carboxylic acids is 1. The summed E-state index contributed by atoms with van der Waals surface area (Å²) in [7, 11) is 2.86. The van der Waals surface area contributed by atoms with Crippen LogP contribution < -0.4 is 5.32 Å². The van der Waals surface area contributed by atoms with Gasteiger partial charge >= 0.3 is 24.2 Å². The Balaban J connectivity index is 0.000000640. The normalized spacial score (nSPS) is 16.0. The summed E-state index contributed by atoms with van der Waals surface area (Å²) in [5.41, 5.74) is -1.52. The first-order valence-corrected chi connectivity index (χ1v) is 6.73. The molecule has 1 amide bonds. The van der Waals surface area contributed by atoms with Crippen molar-refractivity contribution in [2.45, 2.75) is 38.1 Å². The number of alkyl halides is 3. The fourth-order valence-corrected chi connectivity index (χ4v) is 1.58. The van der Waals surface area contributed by atoms with Gasteiger partial charge < -0.3 is 19.9 Å². The lowest BCUT2D eigenvalue weighted by atomic mass is 9.91. The highest BCUT2D eigenvalue weighted by atomic mass is 19.4. The summed E-state index contributed by atoms with van der Waals surface area (Å²) < 4.78 is 41.7. The Morgan fingerprint density at radius 1 is 1.17 bits per heavy atom. The third kappa shape index (κ3) is 5.87. The van der Waals surface area contributed by atoms with Crippen LogP contribution in [0.2, 0.25) is 0 Å². The predicted octanol–water partition coefficient (Wildman–Crippen LogP) is 1.00. The van der Waals surface area contributed by atoms with E-state index in [0.29, 0.717) is 13.1 Å². The number of hydrogen-bond donors (Lipinski definition) is 2. The van der Waals surface area contributed by atoms with Crippen LogP contribution in [0.5, 0.6) is 0 Å². The maximum atomic E-state index is 11.9. The number of carboxylic acid groups (broad SMARTS) is 1. The third-order valence-electron chi connectivity index (χ3n) is 2.95. The summed E-state index contributed by atoms with van der Waals surface area (Å²) in [6, 6.07) is 0. The number of carbonyl (C=O) groups excluding carboxylic acids is 2. The Bertz CT molecular complexity index is 483. The van der Waals surface area contributed by atoms with Crippen molar-refractivity contribution in [3.63, 3.8) is 0 Å². The number of nitrogens with zero attached hydrogens (tertiary/aromatic N) is 1. The monoisotopic (exact) mass is 358 g/mol. The number of esters is 1. The molecule has 1 saturated heterocycles. The zero-order valence-corrected chi connectivity index (χ0v) is 14.0. The molecule has 0 unspecified atom stereocenters. The van der Waals surface area contributed by atoms with Gasteiger partial charge in [-0.25, -0.2) is 14.4 Å². The number of carbonyl (C=O) groups is 3. The largest absolute Gasteiger partial charge is 0.490 e. The van der Waals surface area contributed by atoms with Gasteiger partial charge in [0.2, 0.25) is 0 Å². The summed E-state index contributed by atoms with van der Waals surface area (Å²) in [6.45, 7) is 6.11. The maximum Gasteiger partial charge on any atom is 0.490 e. The topological polar surface area (TPSA) is 105 Å². The zero-order chi connectivity index (χ0) is 19.3. The highest BCUT2D eigenvalue weighted by Gasteiger charge is 2.52. The Morgan fingerprint density at radius 2 is 1.58 bits per heavy atom. The molecular formula is C13H21F3N2O6. The smallest absolute Gasteiger partial charge is 0.475 e. The van der Waals surface area contributed by atoms with Gasteiger partial charge in [0.1, 0.15) is 5.60 Å². The van der Waals surface area contributed by atoms with E-state index in [2.05, 4.69) is 5.32 Å². The van der Waals surface area contributed by atoms with Crippen LogP contribution in [-0.4, -0.2) is 72.6 Å². The minimum absolute atomic E-state index is 0.384. The summed E-state index contributed by atoms with van der Waals surface area (Å²) in [5, 5.41) is 10.1. The van der Waals surface area contributed by atoms with Gasteiger partial charge in [0.05, 0.1) is 7.11 Å². The fourth-order valence-electron chi connectivity index (χ4n) is 1.58. The quantitative estimate of drug-likeness (QED) is 0.710. The Hall–Kier alpha value is -2.04. The molecule has 0 aromatic heterocycles. The van der Waals surface area contributed by atoms with Crippen LogP contribution in [0.15, 0.2) is 0 Å². The zero-order valence-electron chi connectivity index (χ0n) is 14.0. The number of halogens is 3. The number of aliphatic carboxylic acids is 1. The summed E-state index contributed by atoms with van der Waals surface area (Å²) in [4.78, 5) is 33.8. The molecule has 1 heterocycles. The molecule has 0 saturated carbocycles. The molecule has 8 nitrogen and oxygen atoms in total. The SMILES string of the molecule is COC(=O)C1(N(C)C(=O)OC(C)(C)C)CNC1.O=C(O)C(F)(F)F. The predicted molar refractivity (Wildman–Crippen MR) is 75.3 cm³/mol. The number of amides is 1. The standard InChI is InChI=1S/C11H20N2O4.C2HF3O2/c1-10(2,3)17-9(15)13(4)11(6-12-7-11)8(14)16-5;3-2(4,5)1(6)7/h12H,6-7H2,1-5H3;(H,6,7). The molecule has 11 heteroatoms. The Morgan fingerprint density at radius 3 is 1.79 bits per heavy atom. The van der Waals surface area contributed by atoms with Gasteiger partial charge in [-0.1, -0.05) is 0 Å². The van der Waals surface area contributed by atoms with Crippen molar-refractivity contribution in [2.75, 3.05) is 27.2 Å². The fraction of sp³-hybridized carbons (Fsp3) is 0.769. The molecule has 0 radical (unpaired) electrons. The van der Waals surface area contributed by atoms with Gasteiger partial charge in [-0.3, -0.25) is 4.90 Å². The van der Waals surface area contributed by atoms with Crippen molar-refractivity contribution in [3.05, 3.63) is 0 Å². The second kappa shape index (κ2) is 7.69. The molecule has 0 atom stereocenters. The van der Waals surface area contributed by atoms with Crippen molar-refractivity contribution in [2.24, 2.45) is 0 Å². The summed E-state index contributed by atoms with van der Waals surface area (Å²) in [6.07, 6.45) is -5.61. The van der Waals surface area contributed by atoms with Gasteiger partial charge in [-0.05, 0) is 20.8 Å². The number of ether oxygens (including phenoxy) is 2. The lowest BCUT2D eigenvalue weighted by Crippen LogP contribution is -2.73. The molecule has 0 bridgehead atoms. The Labute approximate surface area is 136 Å². The highest BCUT2D eigenvalue weighted by Crippen LogP contribution is 2.23. The number of rotatable bonds is 2. The van der Waals surface area contributed by atoms with Crippen LogP contribution in [-0.2, 0) is 19.1 Å². The molecule has 1 aliphatic heterocycles. The van der Waals surface area contributed by atoms with Gasteiger partial charge in [0.15, 0.2) is 5.54 Å². The highest BCUT2D eigenvalue weighted by molar-refractivity contribution is 5.87. The minimum Gasteiger partial charge on any atom is -0.475 e. The molecule has 2 N–H and O–H groups in total. The van der Waals surface area contributed by atoms with E-state index in [1.807, 2.05) is 0 Å². The van der Waals surface area contributed by atoms with E-state index in [-0.39, 0.29) is 0 Å². The molecule has 1 fully saturated rings. The van der Waals surface area contributed by atoms with Crippen LogP contribution >= 0.6 is 0 Å². The molecule has 0 aromatic carbocycles. The van der Waals surface area contributed by atoms with Crippen molar-refractivity contribution in [3.8, 4) is 0 Å². The molecule has 1 rings (SSSR count). The summed E-state index contributed by atoms with van der Waals surface area (Å²) >= 11 is 0. The van der Waals surface area contributed by atoms with Crippen LogP contribution in [0.4, 0.5) is 18.0 Å². The van der Waals surface area contributed by atoms with E-state index in [0.717, 1.165) is 0 Å². The van der Waals surface area contributed by atoms with Crippen molar-refractivity contribution < 1.29 is 42.1 Å². The first-order chi connectivity index (χ1) is 10.7. The average Bonchev–Trinajstić information content (AvgIpc) is 2.34. The molecule has 140 valence electrons. The second-order valence-corrected chi connectivity index (χ2v) is 5.97. The lowest BCUT2D eigenvalue weighted by Gasteiger charge is -2.45. The average molecular weight is 358 g/mol. The number of hydrogen-bond acceptors (Lipinski definition) is 6. The van der Waals surface area contributed by atoms with Crippen LogP contribution in [0.3, 0.4) is 0 Å². The maximum absolute atomic E-state index is 11.9. The van der Waals surface area contributed by atoms with Gasteiger partial charge in [0.25, 0.3) is 0 Å². The molecular weight excluding hydrogens is 337 g/mol. The van der Waals surface area contributed by atoms with Crippen molar-refractivity contribution >= 4 is 18.0 Å². The van der Waals surface area contributed by atoms with Crippen LogP contribution in [0.1, 0.15) is 20.8 Å². The van der Waals surface area contributed by atoms with E-state index in [4.69, 9.17) is 19.4 Å². The molecule has 1 aliphatic rings. The van der Waals surface area contributed by atoms with Crippen LogP contribution in [0.25, 0.3) is 0 Å². The number of methoxy groups -OCH3 is 1. The molecule has 0 aliphatic carbocycles. The van der Waals surface area contributed by atoms with Crippen molar-refractivity contribution in [1.29, 1.82) is 0 Å². The molecule has 0 aromatic rings. The van der Waals surface area contributed by atoms with E-state index >= 15 is 0 Å². The number of nitrogens with one attached hydrogen (secondary N) is 1. The van der Waals surface area contributed by atoms with E-state index < -0.39 is 35.3 Å². The van der Waals surface area contributed by atoms with Gasteiger partial charge in [-0.2, -0.15) is 13.2 Å². The second-order valence-electron chi connectivity index (χ2n) is 5.97. The molecule has 24 heavy (non-hydrogen) atoms. The minimum atomic E-state index is -5.08. The van der Waals surface area contributed by atoms with Crippen LogP contribution in [0, 0.1) is 0 Å². The summed E-state index contributed by atoms with van der Waals surface area (Å²) in [5.74, 6) is -3.18.